The van der Waals surface area contributed by atoms with Crippen LogP contribution in [0.1, 0.15) is 12.5 Å². The van der Waals surface area contributed by atoms with Gasteiger partial charge in [-0.1, -0.05) is 27.7 Å². The largest absolute Gasteiger partial charge is 0.320 e. The van der Waals surface area contributed by atoms with Gasteiger partial charge in [0.05, 0.1) is 11.4 Å². The second-order valence-electron chi connectivity index (χ2n) is 4.40. The summed E-state index contributed by atoms with van der Waals surface area (Å²) in [6.07, 6.45) is 0. The minimum atomic E-state index is -0.287. The summed E-state index contributed by atoms with van der Waals surface area (Å²) >= 11 is 4.70. The van der Waals surface area contributed by atoms with Crippen LogP contribution in [0.2, 0.25) is 0 Å². The van der Waals surface area contributed by atoms with Gasteiger partial charge in [-0.05, 0) is 25.1 Å². The third kappa shape index (κ3) is 2.60. The van der Waals surface area contributed by atoms with Crippen LogP contribution in [-0.2, 0) is 9.59 Å². The lowest BCUT2D eigenvalue weighted by Crippen LogP contribution is -2.29. The monoisotopic (exact) mass is 366 g/mol. The molecule has 8 heteroatoms. The molecule has 0 aliphatic carbocycles. The Hall–Kier alpha value is -1.67. The van der Waals surface area contributed by atoms with Crippen LogP contribution in [0, 0.1) is 0 Å². The molecule has 2 heterocycles. The first-order chi connectivity index (χ1) is 10.1. The fourth-order valence-corrected chi connectivity index (χ4v) is 3.36. The smallest absolute Gasteiger partial charge is 0.276 e. The van der Waals surface area contributed by atoms with Crippen LogP contribution in [0.15, 0.2) is 32.9 Å². The van der Waals surface area contributed by atoms with E-state index in [1.165, 1.54) is 11.8 Å². The van der Waals surface area contributed by atoms with Crippen molar-refractivity contribution in [2.75, 3.05) is 17.6 Å². The fourth-order valence-electron chi connectivity index (χ4n) is 2.10. The van der Waals surface area contributed by atoms with Crippen molar-refractivity contribution in [3.8, 4) is 0 Å². The highest BCUT2D eigenvalue weighted by Crippen LogP contribution is 2.27. The van der Waals surface area contributed by atoms with Gasteiger partial charge in [0, 0.05) is 16.6 Å². The normalized spacial score (nSPS) is 21.3. The summed E-state index contributed by atoms with van der Waals surface area (Å²) in [4.78, 5) is 25.1. The number of nitrogens with zero attached hydrogens (tertiary/aromatic N) is 3. The molecule has 0 saturated carbocycles. The standard InChI is InChI=1S/C13H11BrN4O2S/c1-2-18-10(19)6-21-13(18)17-16-11-8-5-7(14)3-4-9(8)15-12(11)20/h3-5H,2,6H2,1H3,(H,15,16,20)/b17-13-. The number of thioether (sulfide) groups is 1. The van der Waals surface area contributed by atoms with Gasteiger partial charge in [0.25, 0.3) is 5.91 Å². The zero-order valence-electron chi connectivity index (χ0n) is 11.1. The van der Waals surface area contributed by atoms with Gasteiger partial charge in [-0.2, -0.15) is 0 Å². The number of hydrogen-bond donors (Lipinski definition) is 1. The topological polar surface area (TPSA) is 74.1 Å². The zero-order valence-corrected chi connectivity index (χ0v) is 13.5. The molecule has 2 amide bonds. The molecule has 1 N–H and O–H groups in total. The van der Waals surface area contributed by atoms with Crippen LogP contribution >= 0.6 is 27.7 Å². The highest BCUT2D eigenvalue weighted by Gasteiger charge is 2.29. The molecule has 0 radical (unpaired) electrons. The van der Waals surface area contributed by atoms with Crippen molar-refractivity contribution in [2.45, 2.75) is 6.92 Å². The van der Waals surface area contributed by atoms with Crippen LogP contribution < -0.4 is 5.32 Å². The Kier molecular flexibility index (Phi) is 3.81. The first-order valence-corrected chi connectivity index (χ1v) is 8.08. The first kappa shape index (κ1) is 14.3. The minimum absolute atomic E-state index is 0.0143. The van der Waals surface area contributed by atoms with Gasteiger partial charge in [0.2, 0.25) is 5.91 Å². The van der Waals surface area contributed by atoms with Gasteiger partial charge in [0.1, 0.15) is 0 Å². The number of fused-ring (bicyclic) bond motifs is 1. The SMILES string of the molecule is CCN1C(=O)CS/C1=N\N=C1\C(=O)Nc2ccc(Br)cc21. The van der Waals surface area contributed by atoms with Crippen molar-refractivity contribution in [3.05, 3.63) is 28.2 Å². The first-order valence-electron chi connectivity index (χ1n) is 6.30. The van der Waals surface area contributed by atoms with Crippen molar-refractivity contribution < 1.29 is 9.59 Å². The van der Waals surface area contributed by atoms with Crippen molar-refractivity contribution >= 4 is 56.1 Å². The molecule has 0 unspecified atom stereocenters. The summed E-state index contributed by atoms with van der Waals surface area (Å²) in [5, 5.41) is 11.4. The summed E-state index contributed by atoms with van der Waals surface area (Å²) in [5.41, 5.74) is 1.68. The average molecular weight is 367 g/mol. The number of rotatable bonds is 2. The summed E-state index contributed by atoms with van der Waals surface area (Å²) in [6.45, 7) is 2.42. The average Bonchev–Trinajstić information content (AvgIpc) is 2.96. The predicted octanol–water partition coefficient (Wildman–Crippen LogP) is 2.06. The van der Waals surface area contributed by atoms with Crippen molar-refractivity contribution in [1.82, 2.24) is 4.90 Å². The second kappa shape index (κ2) is 5.61. The van der Waals surface area contributed by atoms with Gasteiger partial charge in [-0.15, -0.1) is 10.2 Å². The number of halogens is 1. The number of amidine groups is 1. The van der Waals surface area contributed by atoms with E-state index in [4.69, 9.17) is 0 Å². The Morgan fingerprint density at radius 3 is 2.95 bits per heavy atom. The van der Waals surface area contributed by atoms with E-state index in [0.717, 1.165) is 4.47 Å². The highest BCUT2D eigenvalue weighted by molar-refractivity contribution is 9.10. The molecule has 2 aliphatic heterocycles. The summed E-state index contributed by atoms with van der Waals surface area (Å²) < 4.78 is 0.860. The number of amides is 2. The maximum Gasteiger partial charge on any atom is 0.276 e. The Morgan fingerprint density at radius 1 is 1.38 bits per heavy atom. The summed E-state index contributed by atoms with van der Waals surface area (Å²) in [7, 11) is 0. The molecule has 6 nitrogen and oxygen atoms in total. The lowest BCUT2D eigenvalue weighted by Gasteiger charge is -2.10. The number of benzene rings is 1. The molecule has 0 atom stereocenters. The number of nitrogens with one attached hydrogen (secondary N) is 1. The lowest BCUT2D eigenvalue weighted by molar-refractivity contribution is -0.123. The molecule has 1 aromatic carbocycles. The molecule has 1 saturated heterocycles. The molecule has 0 spiro atoms. The minimum Gasteiger partial charge on any atom is -0.320 e. The zero-order chi connectivity index (χ0) is 15.0. The number of hydrogen-bond acceptors (Lipinski definition) is 5. The van der Waals surface area contributed by atoms with Gasteiger partial charge in [-0.25, -0.2) is 0 Å². The van der Waals surface area contributed by atoms with Crippen LogP contribution in [0.4, 0.5) is 5.69 Å². The van der Waals surface area contributed by atoms with E-state index >= 15 is 0 Å². The Morgan fingerprint density at radius 2 is 2.19 bits per heavy atom. The van der Waals surface area contributed by atoms with Crippen LogP contribution in [-0.4, -0.2) is 39.9 Å². The molecule has 1 fully saturated rings. The van der Waals surface area contributed by atoms with Gasteiger partial charge >= 0.3 is 0 Å². The quantitative estimate of drug-likeness (QED) is 0.814. The fraction of sp³-hybridized carbons (Fsp3) is 0.231. The van der Waals surface area contributed by atoms with Crippen molar-refractivity contribution in [3.63, 3.8) is 0 Å². The summed E-state index contributed by atoms with van der Waals surface area (Å²) in [5.74, 6) is 0.0940. The lowest BCUT2D eigenvalue weighted by atomic mass is 10.1. The van der Waals surface area contributed by atoms with Crippen molar-refractivity contribution in [1.29, 1.82) is 0 Å². The van der Waals surface area contributed by atoms with E-state index in [2.05, 4.69) is 31.4 Å². The van der Waals surface area contributed by atoms with E-state index < -0.39 is 0 Å². The van der Waals surface area contributed by atoms with Gasteiger partial charge < -0.3 is 5.32 Å². The molecule has 21 heavy (non-hydrogen) atoms. The molecule has 3 rings (SSSR count). The molecule has 1 aromatic rings. The van der Waals surface area contributed by atoms with Gasteiger partial charge in [-0.3, -0.25) is 14.5 Å². The summed E-state index contributed by atoms with van der Waals surface area (Å²) in [6, 6.07) is 5.47. The van der Waals surface area contributed by atoms with E-state index in [1.807, 2.05) is 19.1 Å². The second-order valence-corrected chi connectivity index (χ2v) is 6.26. The van der Waals surface area contributed by atoms with Crippen LogP contribution in [0.25, 0.3) is 0 Å². The Bertz CT molecular complexity index is 701. The molecule has 108 valence electrons. The van der Waals surface area contributed by atoms with Crippen LogP contribution in [0.5, 0.6) is 0 Å². The molecule has 2 aliphatic rings. The van der Waals surface area contributed by atoms with E-state index in [1.54, 1.807) is 11.0 Å². The van der Waals surface area contributed by atoms with E-state index in [-0.39, 0.29) is 17.5 Å². The van der Waals surface area contributed by atoms with E-state index in [0.29, 0.717) is 28.7 Å². The number of carbonyl (C=O) groups is 2. The number of anilines is 1. The maximum absolute atomic E-state index is 11.9. The molecular formula is C13H11BrN4O2S. The third-order valence-electron chi connectivity index (χ3n) is 3.11. The Balaban J connectivity index is 1.96. The van der Waals surface area contributed by atoms with Gasteiger partial charge in [0.15, 0.2) is 10.9 Å². The molecular weight excluding hydrogens is 356 g/mol. The Labute approximate surface area is 133 Å². The molecule has 0 aromatic heterocycles. The van der Waals surface area contributed by atoms with E-state index in [9.17, 15) is 9.59 Å². The number of carbonyl (C=O) groups excluding carboxylic acids is 2. The highest BCUT2D eigenvalue weighted by atomic mass is 79.9. The van der Waals surface area contributed by atoms with Crippen LogP contribution in [0.3, 0.4) is 0 Å². The predicted molar refractivity (Wildman–Crippen MR) is 86.6 cm³/mol. The van der Waals surface area contributed by atoms with Crippen molar-refractivity contribution in [2.24, 2.45) is 10.2 Å². The molecule has 0 bridgehead atoms. The third-order valence-corrected chi connectivity index (χ3v) is 4.55. The maximum atomic E-state index is 11.9.